The molecule has 0 aromatic carbocycles. The number of rotatable bonds is 7. The first kappa shape index (κ1) is 15.4. The highest BCUT2D eigenvalue weighted by Crippen LogP contribution is 2.11. The maximum Gasteiger partial charge on any atom is 0.269 e. The fourth-order valence-electron chi connectivity index (χ4n) is 1.70. The Morgan fingerprint density at radius 2 is 2.21 bits per heavy atom. The lowest BCUT2D eigenvalue weighted by molar-refractivity contribution is 0.0951. The first-order chi connectivity index (χ1) is 9.02. The summed E-state index contributed by atoms with van der Waals surface area (Å²) in [7, 11) is 4.12. The van der Waals surface area contributed by atoms with E-state index in [-0.39, 0.29) is 5.91 Å². The van der Waals surface area contributed by atoms with Crippen molar-refractivity contribution in [3.63, 3.8) is 0 Å². The summed E-state index contributed by atoms with van der Waals surface area (Å²) in [5.41, 5.74) is 1.38. The Morgan fingerprint density at radius 3 is 2.84 bits per heavy atom. The molecule has 19 heavy (non-hydrogen) atoms. The first-order valence-electron chi connectivity index (χ1n) is 6.68. The third-order valence-corrected chi connectivity index (χ3v) is 2.75. The summed E-state index contributed by atoms with van der Waals surface area (Å²) in [4.78, 5) is 17.9. The first-order valence-corrected chi connectivity index (χ1v) is 6.68. The van der Waals surface area contributed by atoms with E-state index in [9.17, 15) is 4.79 Å². The standard InChI is InChI=1S/C14H24N4O/c1-5-15-14(19)13-10-12(6-8-16-13)17-11(2)7-9-18(3)4/h6,8,10-11H,5,7,9H2,1-4H3,(H,15,19)(H,16,17). The van der Waals surface area contributed by atoms with Gasteiger partial charge in [0.2, 0.25) is 0 Å². The van der Waals surface area contributed by atoms with Gasteiger partial charge in [-0.2, -0.15) is 0 Å². The zero-order chi connectivity index (χ0) is 14.3. The molecule has 1 unspecified atom stereocenters. The quantitative estimate of drug-likeness (QED) is 0.785. The summed E-state index contributed by atoms with van der Waals surface area (Å²) in [6.07, 6.45) is 2.71. The summed E-state index contributed by atoms with van der Waals surface area (Å²) >= 11 is 0. The number of anilines is 1. The molecule has 5 heteroatoms. The lowest BCUT2D eigenvalue weighted by atomic mass is 10.2. The van der Waals surface area contributed by atoms with Crippen LogP contribution in [0.25, 0.3) is 0 Å². The summed E-state index contributed by atoms with van der Waals surface area (Å²) in [5, 5.41) is 6.13. The van der Waals surface area contributed by atoms with Gasteiger partial charge in [0.05, 0.1) is 0 Å². The molecule has 0 bridgehead atoms. The van der Waals surface area contributed by atoms with Gasteiger partial charge in [0, 0.05) is 24.5 Å². The maximum atomic E-state index is 11.7. The van der Waals surface area contributed by atoms with Crippen LogP contribution in [0.5, 0.6) is 0 Å². The van der Waals surface area contributed by atoms with E-state index in [0.717, 1.165) is 18.7 Å². The van der Waals surface area contributed by atoms with Crippen LogP contribution >= 0.6 is 0 Å². The molecule has 1 heterocycles. The molecule has 1 atom stereocenters. The van der Waals surface area contributed by atoms with Crippen molar-refractivity contribution < 1.29 is 4.79 Å². The third-order valence-electron chi connectivity index (χ3n) is 2.75. The molecule has 0 radical (unpaired) electrons. The lowest BCUT2D eigenvalue weighted by Gasteiger charge is -2.18. The van der Waals surface area contributed by atoms with Crippen molar-refractivity contribution >= 4 is 11.6 Å². The van der Waals surface area contributed by atoms with Crippen LogP contribution in [0.1, 0.15) is 30.8 Å². The van der Waals surface area contributed by atoms with Gasteiger partial charge in [-0.1, -0.05) is 0 Å². The minimum absolute atomic E-state index is 0.132. The van der Waals surface area contributed by atoms with E-state index in [1.165, 1.54) is 0 Å². The van der Waals surface area contributed by atoms with Gasteiger partial charge < -0.3 is 15.5 Å². The summed E-state index contributed by atoms with van der Waals surface area (Å²) in [5.74, 6) is -0.132. The average molecular weight is 264 g/mol. The fourth-order valence-corrected chi connectivity index (χ4v) is 1.70. The molecular formula is C14H24N4O. The number of aromatic nitrogens is 1. The molecule has 0 saturated carbocycles. The third kappa shape index (κ3) is 5.70. The Labute approximate surface area is 115 Å². The zero-order valence-corrected chi connectivity index (χ0v) is 12.2. The Bertz CT molecular complexity index is 406. The van der Waals surface area contributed by atoms with E-state index < -0.39 is 0 Å². The second-order valence-electron chi connectivity index (χ2n) is 4.93. The Morgan fingerprint density at radius 1 is 1.47 bits per heavy atom. The molecule has 106 valence electrons. The van der Waals surface area contributed by atoms with Crippen molar-refractivity contribution in [1.82, 2.24) is 15.2 Å². The SMILES string of the molecule is CCNC(=O)c1cc(NC(C)CCN(C)C)ccn1. The largest absolute Gasteiger partial charge is 0.382 e. The van der Waals surface area contributed by atoms with E-state index in [4.69, 9.17) is 0 Å². The molecule has 1 aromatic rings. The number of nitrogens with zero attached hydrogens (tertiary/aromatic N) is 2. The van der Waals surface area contributed by atoms with Crippen LogP contribution in [0.15, 0.2) is 18.3 Å². The lowest BCUT2D eigenvalue weighted by Crippen LogP contribution is -2.25. The number of pyridine rings is 1. The molecule has 0 aliphatic heterocycles. The summed E-state index contributed by atoms with van der Waals surface area (Å²) < 4.78 is 0. The predicted octanol–water partition coefficient (Wildman–Crippen LogP) is 1.58. The monoisotopic (exact) mass is 264 g/mol. The van der Waals surface area contributed by atoms with E-state index >= 15 is 0 Å². The van der Waals surface area contributed by atoms with Crippen LogP contribution in [0.2, 0.25) is 0 Å². The van der Waals surface area contributed by atoms with E-state index in [1.807, 2.05) is 13.0 Å². The van der Waals surface area contributed by atoms with Crippen molar-refractivity contribution in [3.05, 3.63) is 24.0 Å². The number of hydrogen-bond acceptors (Lipinski definition) is 4. The van der Waals surface area contributed by atoms with Gasteiger partial charge >= 0.3 is 0 Å². The molecule has 1 rings (SSSR count). The number of amides is 1. The van der Waals surface area contributed by atoms with Crippen molar-refractivity contribution in [2.75, 3.05) is 32.5 Å². The molecule has 0 spiro atoms. The van der Waals surface area contributed by atoms with Crippen LogP contribution in [0.4, 0.5) is 5.69 Å². The minimum atomic E-state index is -0.132. The van der Waals surface area contributed by atoms with Crippen molar-refractivity contribution in [2.24, 2.45) is 0 Å². The molecule has 1 amide bonds. The van der Waals surface area contributed by atoms with Gasteiger partial charge in [-0.05, 0) is 53.0 Å². The van der Waals surface area contributed by atoms with Crippen LogP contribution < -0.4 is 10.6 Å². The average Bonchev–Trinajstić information content (AvgIpc) is 2.37. The Balaban J connectivity index is 2.59. The fraction of sp³-hybridized carbons (Fsp3) is 0.571. The van der Waals surface area contributed by atoms with Gasteiger partial charge in [0.1, 0.15) is 5.69 Å². The van der Waals surface area contributed by atoms with Crippen LogP contribution in [-0.2, 0) is 0 Å². The van der Waals surface area contributed by atoms with Gasteiger partial charge in [-0.3, -0.25) is 9.78 Å². The van der Waals surface area contributed by atoms with Crippen LogP contribution in [0.3, 0.4) is 0 Å². The number of hydrogen-bond donors (Lipinski definition) is 2. The second-order valence-corrected chi connectivity index (χ2v) is 4.93. The van der Waals surface area contributed by atoms with Crippen molar-refractivity contribution in [3.8, 4) is 0 Å². The van der Waals surface area contributed by atoms with E-state index in [0.29, 0.717) is 18.3 Å². The highest BCUT2D eigenvalue weighted by Gasteiger charge is 2.08. The molecule has 0 saturated heterocycles. The topological polar surface area (TPSA) is 57.3 Å². The smallest absolute Gasteiger partial charge is 0.269 e. The molecule has 2 N–H and O–H groups in total. The summed E-state index contributed by atoms with van der Waals surface area (Å²) in [6.45, 7) is 5.67. The van der Waals surface area contributed by atoms with Crippen molar-refractivity contribution in [2.45, 2.75) is 26.3 Å². The number of carbonyl (C=O) groups excluding carboxylic acids is 1. The Hall–Kier alpha value is -1.62. The Kier molecular flexibility index (Phi) is 6.29. The van der Waals surface area contributed by atoms with Crippen LogP contribution in [-0.4, -0.2) is 49.0 Å². The molecule has 0 aliphatic carbocycles. The van der Waals surface area contributed by atoms with Crippen molar-refractivity contribution in [1.29, 1.82) is 0 Å². The normalized spacial score (nSPS) is 12.3. The minimum Gasteiger partial charge on any atom is -0.382 e. The second kappa shape index (κ2) is 7.74. The van der Waals surface area contributed by atoms with Crippen LogP contribution in [0, 0.1) is 0 Å². The van der Waals surface area contributed by atoms with Gasteiger partial charge in [-0.15, -0.1) is 0 Å². The molecule has 5 nitrogen and oxygen atoms in total. The molecule has 0 fully saturated rings. The van der Waals surface area contributed by atoms with E-state index in [1.54, 1.807) is 12.3 Å². The van der Waals surface area contributed by atoms with Gasteiger partial charge in [0.25, 0.3) is 5.91 Å². The van der Waals surface area contributed by atoms with Gasteiger partial charge in [-0.25, -0.2) is 0 Å². The van der Waals surface area contributed by atoms with E-state index in [2.05, 4.69) is 41.5 Å². The number of carbonyl (C=O) groups is 1. The highest BCUT2D eigenvalue weighted by atomic mass is 16.1. The molecule has 0 aliphatic rings. The maximum absolute atomic E-state index is 11.7. The van der Waals surface area contributed by atoms with Gasteiger partial charge in [0.15, 0.2) is 0 Å². The molecular weight excluding hydrogens is 240 g/mol. The molecule has 1 aromatic heterocycles. The summed E-state index contributed by atoms with van der Waals surface area (Å²) in [6, 6.07) is 4.03. The predicted molar refractivity (Wildman–Crippen MR) is 78.5 cm³/mol. The zero-order valence-electron chi connectivity index (χ0n) is 12.2. The highest BCUT2D eigenvalue weighted by molar-refractivity contribution is 5.93. The number of nitrogens with one attached hydrogen (secondary N) is 2.